The Morgan fingerprint density at radius 1 is 0.667 bits per heavy atom. The second kappa shape index (κ2) is 7.13. The van der Waals surface area contributed by atoms with Crippen LogP contribution in [0.3, 0.4) is 0 Å². The molecule has 0 N–H and O–H groups in total. The molecule has 0 aromatic rings. The van der Waals surface area contributed by atoms with Crippen LogP contribution in [-0.4, -0.2) is 15.2 Å². The van der Waals surface area contributed by atoms with Gasteiger partial charge in [0, 0.05) is 0 Å². The van der Waals surface area contributed by atoms with Crippen molar-refractivity contribution >= 4 is 15.2 Å². The van der Waals surface area contributed by atoms with Crippen LogP contribution in [0.2, 0.25) is 32.9 Å². The van der Waals surface area contributed by atoms with Gasteiger partial charge in [0.2, 0.25) is 0 Å². The van der Waals surface area contributed by atoms with E-state index in [1.165, 1.54) is 51.4 Å². The molecule has 2 atom stereocenters. The van der Waals surface area contributed by atoms with Gasteiger partial charge in [0.05, 0.1) is 0 Å². The van der Waals surface area contributed by atoms with Gasteiger partial charge in [-0.25, -0.2) is 0 Å². The first-order chi connectivity index (χ1) is 11.9. The Bertz CT molecular complexity index is 713. The number of fused-ring (bicyclic) bond motifs is 2. The van der Waals surface area contributed by atoms with Crippen LogP contribution >= 0.6 is 0 Å². The van der Waals surface area contributed by atoms with Crippen LogP contribution in [0.25, 0.3) is 0 Å². The van der Waals surface area contributed by atoms with Gasteiger partial charge in [-0.15, -0.1) is 0 Å². The van der Waals surface area contributed by atoms with Crippen molar-refractivity contribution in [1.29, 1.82) is 0 Å². The largest absolute Gasteiger partial charge is 1.00 e. The molecule has 1 aliphatic heterocycles. The first-order valence-corrected chi connectivity index (χ1v) is 19.0. The quantitative estimate of drug-likeness (QED) is 0.460. The van der Waals surface area contributed by atoms with Crippen LogP contribution in [0.1, 0.15) is 51.4 Å². The van der Waals surface area contributed by atoms with Crippen LogP contribution in [-0.2, 0) is 19.2 Å². The van der Waals surface area contributed by atoms with E-state index in [4.69, 9.17) is 0 Å². The summed E-state index contributed by atoms with van der Waals surface area (Å²) in [4.78, 5) is 0. The van der Waals surface area contributed by atoms with Crippen molar-refractivity contribution < 1.29 is 44.0 Å². The molecule has 0 amide bonds. The molecule has 27 heavy (non-hydrogen) atoms. The minimum atomic E-state index is -1.34. The van der Waals surface area contributed by atoms with Gasteiger partial charge in [-0.2, -0.15) is 0 Å². The molecule has 0 aromatic carbocycles. The molecular weight excluding hydrogens is 439 g/mol. The van der Waals surface area contributed by atoms with Crippen molar-refractivity contribution in [3.63, 3.8) is 0 Å². The SMILES string of the molecule is C[Si]1(C)[C]2(C=CC3=C2CCCC3)[Ti+2][C]2(C=CC3=C2CCCC3)[Si]1(C)C.[Cl-].[Cl-]. The zero-order valence-corrected chi connectivity index (χ0v) is 22.3. The monoisotopic (exact) mass is 470 g/mol. The summed E-state index contributed by atoms with van der Waals surface area (Å²) in [6.07, 6.45) is 22.3. The van der Waals surface area contributed by atoms with E-state index in [1.807, 2.05) is 11.1 Å². The standard InChI is InChI=1S/C22H32Si2.2ClH.Ti/c1-23(2,21-15-13-17-9-5-7-11-19(17)21)24(3,4)22-16-14-18-10-6-8-12-20(18)22;;;/h13-16H,5-12H2,1-4H3;2*1H;/q;;;+2/p-2. The minimum absolute atomic E-state index is 0. The first-order valence-electron chi connectivity index (χ1n) is 10.5. The fourth-order valence-corrected chi connectivity index (χ4v) is 38.0. The van der Waals surface area contributed by atoms with Crippen LogP contribution in [0, 0.1) is 0 Å². The Hall–Kier alpha value is 0.688. The zero-order valence-electron chi connectivity index (χ0n) is 17.2. The summed E-state index contributed by atoms with van der Waals surface area (Å²) in [5, 5.41) is 0. The molecule has 2 spiro atoms. The summed E-state index contributed by atoms with van der Waals surface area (Å²) in [6, 6.07) is 0. The molecule has 0 nitrogen and oxygen atoms in total. The summed E-state index contributed by atoms with van der Waals surface area (Å²) < 4.78 is 1.23. The minimum Gasteiger partial charge on any atom is -1.00 e. The molecule has 0 saturated carbocycles. The molecule has 2 unspecified atom stereocenters. The third kappa shape index (κ3) is 2.56. The van der Waals surface area contributed by atoms with Crippen LogP contribution in [0.5, 0.6) is 0 Å². The summed E-state index contributed by atoms with van der Waals surface area (Å²) in [5.41, 5.74) is 7.53. The van der Waals surface area contributed by atoms with Gasteiger partial charge < -0.3 is 24.8 Å². The Morgan fingerprint density at radius 2 is 1.04 bits per heavy atom. The number of hydrogen-bond donors (Lipinski definition) is 0. The van der Waals surface area contributed by atoms with Crippen molar-refractivity contribution in [3.8, 4) is 0 Å². The van der Waals surface area contributed by atoms with Crippen LogP contribution in [0.4, 0.5) is 0 Å². The zero-order chi connectivity index (χ0) is 17.5. The number of allylic oxidation sites excluding steroid dienone is 8. The van der Waals surface area contributed by atoms with E-state index in [0.29, 0.717) is 6.69 Å². The average molecular weight is 471 g/mol. The Kier molecular flexibility index (Phi) is 5.91. The molecule has 146 valence electrons. The van der Waals surface area contributed by atoms with E-state index >= 15 is 0 Å². The van der Waals surface area contributed by atoms with E-state index in [-0.39, 0.29) is 44.0 Å². The maximum Gasteiger partial charge on any atom is -1.00 e. The smallest absolute Gasteiger partial charge is 1.00 e. The first kappa shape index (κ1) is 22.4. The molecule has 5 rings (SSSR count). The van der Waals surface area contributed by atoms with Gasteiger partial charge in [-0.05, 0) is 0 Å². The molecule has 5 heteroatoms. The predicted octanol–water partition coefficient (Wildman–Crippen LogP) is 0.862. The van der Waals surface area contributed by atoms with Gasteiger partial charge in [-0.3, -0.25) is 0 Å². The number of rotatable bonds is 0. The summed E-state index contributed by atoms with van der Waals surface area (Å²) in [6.45, 7) is 11.3. The Labute approximate surface area is 189 Å². The molecule has 1 heterocycles. The van der Waals surface area contributed by atoms with Crippen molar-refractivity contribution in [2.45, 2.75) is 84.2 Å². The Morgan fingerprint density at radius 3 is 1.44 bits per heavy atom. The predicted molar refractivity (Wildman–Crippen MR) is 110 cm³/mol. The molecule has 0 radical (unpaired) electrons. The molecule has 0 bridgehead atoms. The van der Waals surface area contributed by atoms with Crippen LogP contribution in [0.15, 0.2) is 46.6 Å². The van der Waals surface area contributed by atoms with Crippen molar-refractivity contribution in [1.82, 2.24) is 0 Å². The van der Waals surface area contributed by atoms with E-state index in [0.717, 1.165) is 0 Å². The van der Waals surface area contributed by atoms with E-state index in [9.17, 15) is 0 Å². The number of hydrogen-bond acceptors (Lipinski definition) is 0. The molecule has 1 saturated heterocycles. The maximum absolute atomic E-state index is 2.82. The fourth-order valence-electron chi connectivity index (χ4n) is 6.79. The molecule has 4 aliphatic carbocycles. The number of halogens is 2. The topological polar surface area (TPSA) is 0 Å². The summed E-state index contributed by atoms with van der Waals surface area (Å²) in [7, 11) is -2.69. The maximum atomic E-state index is 2.82. The second-order valence-electron chi connectivity index (χ2n) is 10.1. The van der Waals surface area contributed by atoms with Gasteiger partial charge in [0.1, 0.15) is 0 Å². The fraction of sp³-hybridized carbons (Fsp3) is 0.636. The normalized spacial score (nSPS) is 36.9. The third-order valence-electron chi connectivity index (χ3n) is 8.97. The van der Waals surface area contributed by atoms with Gasteiger partial charge in [0.15, 0.2) is 0 Å². The third-order valence-corrected chi connectivity index (χ3v) is 40.6. The van der Waals surface area contributed by atoms with E-state index in [1.54, 1.807) is 11.1 Å². The second-order valence-corrected chi connectivity index (χ2v) is 30.1. The van der Waals surface area contributed by atoms with Gasteiger partial charge in [0.25, 0.3) is 0 Å². The van der Waals surface area contributed by atoms with E-state index in [2.05, 4.69) is 50.5 Å². The van der Waals surface area contributed by atoms with Gasteiger partial charge in [-0.1, -0.05) is 0 Å². The molecule has 0 aromatic heterocycles. The van der Waals surface area contributed by atoms with Crippen molar-refractivity contribution in [2.75, 3.05) is 0 Å². The van der Waals surface area contributed by atoms with E-state index < -0.39 is 15.2 Å². The van der Waals surface area contributed by atoms with Crippen molar-refractivity contribution in [2.24, 2.45) is 0 Å². The summed E-state index contributed by atoms with van der Waals surface area (Å²) in [5.74, 6) is 0. The summed E-state index contributed by atoms with van der Waals surface area (Å²) >= 11 is -0.0561. The molecule has 5 aliphatic rings. The van der Waals surface area contributed by atoms with Gasteiger partial charge >= 0.3 is 165 Å². The average Bonchev–Trinajstić information content (AvgIpc) is 3.20. The molecular formula is C22H32Cl2Si2Ti. The van der Waals surface area contributed by atoms with Crippen molar-refractivity contribution in [3.05, 3.63) is 46.6 Å². The molecule has 1 fully saturated rings. The Balaban J connectivity index is 0.00000105. The van der Waals surface area contributed by atoms with Crippen LogP contribution < -0.4 is 24.8 Å².